The number of urea groups is 1. The molecule has 0 aliphatic heterocycles. The van der Waals surface area contributed by atoms with Crippen molar-refractivity contribution in [3.63, 3.8) is 0 Å². The highest BCUT2D eigenvalue weighted by molar-refractivity contribution is 5.97. The zero-order valence-electron chi connectivity index (χ0n) is 11.9. The third-order valence-electron chi connectivity index (χ3n) is 2.32. The minimum atomic E-state index is -3.11. The summed E-state index contributed by atoms with van der Waals surface area (Å²) in [6, 6.07) is 4.38. The molecule has 0 aromatic heterocycles. The molecule has 0 bridgehead atoms. The number of esters is 1. The SMILES string of the molecule is C=CCNC(=O)NC(=O)COC(=O)c1ccccc1OC(F)F. The summed E-state index contributed by atoms with van der Waals surface area (Å²) in [5.74, 6) is -2.30. The summed E-state index contributed by atoms with van der Waals surface area (Å²) in [6.45, 7) is -0.349. The molecule has 3 amide bonds. The molecule has 9 heteroatoms. The first-order chi connectivity index (χ1) is 10.9. The number of benzene rings is 1. The van der Waals surface area contributed by atoms with Gasteiger partial charge in [0.15, 0.2) is 6.61 Å². The molecule has 0 saturated carbocycles. The van der Waals surface area contributed by atoms with E-state index in [1.807, 2.05) is 5.32 Å². The second kappa shape index (κ2) is 9.13. The summed E-state index contributed by atoms with van der Waals surface area (Å²) in [6.07, 6.45) is 1.41. The fraction of sp³-hybridized carbons (Fsp3) is 0.214. The number of alkyl halides is 2. The van der Waals surface area contributed by atoms with Crippen LogP contribution in [0.15, 0.2) is 36.9 Å². The topological polar surface area (TPSA) is 93.7 Å². The van der Waals surface area contributed by atoms with Crippen molar-refractivity contribution in [2.45, 2.75) is 6.61 Å². The first-order valence-corrected chi connectivity index (χ1v) is 6.33. The van der Waals surface area contributed by atoms with Gasteiger partial charge in [-0.25, -0.2) is 9.59 Å². The summed E-state index contributed by atoms with van der Waals surface area (Å²) in [7, 11) is 0. The number of hydrogen-bond donors (Lipinski definition) is 2. The quantitative estimate of drug-likeness (QED) is 0.584. The Morgan fingerprint density at radius 3 is 2.61 bits per heavy atom. The highest BCUT2D eigenvalue weighted by Gasteiger charge is 2.18. The smallest absolute Gasteiger partial charge is 0.387 e. The normalized spacial score (nSPS) is 9.87. The lowest BCUT2D eigenvalue weighted by Gasteiger charge is -2.10. The van der Waals surface area contributed by atoms with E-state index in [4.69, 9.17) is 0 Å². The monoisotopic (exact) mass is 328 g/mol. The van der Waals surface area contributed by atoms with Crippen LogP contribution in [-0.4, -0.2) is 37.7 Å². The number of halogens is 2. The molecule has 2 N–H and O–H groups in total. The molecule has 124 valence electrons. The Bertz CT molecular complexity index is 592. The van der Waals surface area contributed by atoms with Crippen LogP contribution in [0, 0.1) is 0 Å². The summed E-state index contributed by atoms with van der Waals surface area (Å²) in [5, 5.41) is 4.18. The lowest BCUT2D eigenvalue weighted by Crippen LogP contribution is -2.41. The van der Waals surface area contributed by atoms with Crippen molar-refractivity contribution in [2.75, 3.05) is 13.2 Å². The number of para-hydroxylation sites is 1. The number of hydrogen-bond acceptors (Lipinski definition) is 5. The van der Waals surface area contributed by atoms with Crippen molar-refractivity contribution in [1.82, 2.24) is 10.6 Å². The molecule has 1 aromatic rings. The van der Waals surface area contributed by atoms with E-state index >= 15 is 0 Å². The maximum Gasteiger partial charge on any atom is 0.387 e. The molecule has 0 radical (unpaired) electrons. The Balaban J connectivity index is 2.55. The molecule has 0 atom stereocenters. The molecule has 0 saturated heterocycles. The van der Waals surface area contributed by atoms with E-state index in [0.29, 0.717) is 0 Å². The zero-order valence-corrected chi connectivity index (χ0v) is 11.9. The number of amides is 3. The van der Waals surface area contributed by atoms with Gasteiger partial charge in [-0.2, -0.15) is 8.78 Å². The van der Waals surface area contributed by atoms with Gasteiger partial charge in [0.1, 0.15) is 11.3 Å². The van der Waals surface area contributed by atoms with Gasteiger partial charge >= 0.3 is 18.6 Å². The molecular formula is C14H14F2N2O5. The molecule has 23 heavy (non-hydrogen) atoms. The first-order valence-electron chi connectivity index (χ1n) is 6.33. The highest BCUT2D eigenvalue weighted by atomic mass is 19.3. The van der Waals surface area contributed by atoms with Gasteiger partial charge in [-0.1, -0.05) is 18.2 Å². The van der Waals surface area contributed by atoms with Crippen LogP contribution >= 0.6 is 0 Å². The highest BCUT2D eigenvalue weighted by Crippen LogP contribution is 2.20. The predicted molar refractivity (Wildman–Crippen MR) is 75.1 cm³/mol. The molecule has 7 nitrogen and oxygen atoms in total. The predicted octanol–water partition coefficient (Wildman–Crippen LogP) is 1.46. The number of carbonyl (C=O) groups excluding carboxylic acids is 3. The van der Waals surface area contributed by atoms with Crippen LogP contribution in [0.3, 0.4) is 0 Å². The van der Waals surface area contributed by atoms with Gasteiger partial charge in [0.25, 0.3) is 5.91 Å². The van der Waals surface area contributed by atoms with Crippen molar-refractivity contribution < 1.29 is 32.6 Å². The third-order valence-corrected chi connectivity index (χ3v) is 2.32. The molecule has 1 rings (SSSR count). The molecule has 0 unspecified atom stereocenters. The largest absolute Gasteiger partial charge is 0.452 e. The zero-order chi connectivity index (χ0) is 17.2. The number of carbonyl (C=O) groups is 3. The van der Waals surface area contributed by atoms with Crippen LogP contribution < -0.4 is 15.4 Å². The van der Waals surface area contributed by atoms with Gasteiger partial charge in [0.2, 0.25) is 0 Å². The summed E-state index contributed by atoms with van der Waals surface area (Å²) in [4.78, 5) is 34.3. The van der Waals surface area contributed by atoms with Crippen molar-refractivity contribution >= 4 is 17.9 Å². The van der Waals surface area contributed by atoms with Gasteiger partial charge in [-0.15, -0.1) is 6.58 Å². The fourth-order valence-electron chi connectivity index (χ4n) is 1.41. The van der Waals surface area contributed by atoms with E-state index < -0.39 is 31.1 Å². The third kappa shape index (κ3) is 6.55. The Morgan fingerprint density at radius 1 is 1.26 bits per heavy atom. The van der Waals surface area contributed by atoms with Crippen LogP contribution in [0.4, 0.5) is 13.6 Å². The summed E-state index contributed by atoms with van der Waals surface area (Å²) in [5.41, 5.74) is -0.267. The van der Waals surface area contributed by atoms with Gasteiger partial charge in [-0.3, -0.25) is 10.1 Å². The van der Waals surface area contributed by atoms with Crippen molar-refractivity contribution in [3.8, 4) is 5.75 Å². The van der Waals surface area contributed by atoms with Crippen LogP contribution in [0.5, 0.6) is 5.75 Å². The van der Waals surface area contributed by atoms with E-state index in [1.54, 1.807) is 0 Å². The number of imide groups is 1. The van der Waals surface area contributed by atoms with Crippen molar-refractivity contribution in [2.24, 2.45) is 0 Å². The molecule has 0 heterocycles. The lowest BCUT2D eigenvalue weighted by molar-refractivity contribution is -0.123. The van der Waals surface area contributed by atoms with Crippen LogP contribution in [-0.2, 0) is 9.53 Å². The second-order valence-corrected chi connectivity index (χ2v) is 4.00. The maximum atomic E-state index is 12.2. The molecule has 0 fully saturated rings. The molecule has 0 spiro atoms. The Kier molecular flexibility index (Phi) is 7.18. The average Bonchev–Trinajstić information content (AvgIpc) is 2.50. The summed E-state index contributed by atoms with van der Waals surface area (Å²) >= 11 is 0. The van der Waals surface area contributed by atoms with Gasteiger partial charge in [0.05, 0.1) is 0 Å². The van der Waals surface area contributed by atoms with Crippen LogP contribution in [0.1, 0.15) is 10.4 Å². The van der Waals surface area contributed by atoms with Crippen LogP contribution in [0.25, 0.3) is 0 Å². The Labute approximate surface area is 130 Å². The minimum absolute atomic E-state index is 0.150. The number of ether oxygens (including phenoxy) is 2. The van der Waals surface area contributed by atoms with Crippen molar-refractivity contribution in [1.29, 1.82) is 0 Å². The Morgan fingerprint density at radius 2 is 1.96 bits per heavy atom. The van der Waals surface area contributed by atoms with E-state index in [2.05, 4.69) is 21.4 Å². The van der Waals surface area contributed by atoms with E-state index in [9.17, 15) is 23.2 Å². The van der Waals surface area contributed by atoms with Gasteiger partial charge in [-0.05, 0) is 12.1 Å². The molecule has 1 aromatic carbocycles. The minimum Gasteiger partial charge on any atom is -0.452 e. The summed E-state index contributed by atoms with van der Waals surface area (Å²) < 4.78 is 33.3. The standard InChI is InChI=1S/C14H14F2N2O5/c1-2-7-17-14(21)18-11(19)8-22-12(20)9-5-3-4-6-10(9)23-13(15)16/h2-6,13H,1,7-8H2,(H2,17,18,19,21). The Hall–Kier alpha value is -2.97. The van der Waals surface area contributed by atoms with Gasteiger partial charge < -0.3 is 14.8 Å². The van der Waals surface area contributed by atoms with E-state index in [-0.39, 0.29) is 17.9 Å². The van der Waals surface area contributed by atoms with Crippen molar-refractivity contribution in [3.05, 3.63) is 42.5 Å². The molecule has 0 aliphatic rings. The fourth-order valence-corrected chi connectivity index (χ4v) is 1.41. The van der Waals surface area contributed by atoms with Gasteiger partial charge in [0, 0.05) is 6.54 Å². The van der Waals surface area contributed by atoms with E-state index in [0.717, 1.165) is 6.07 Å². The second-order valence-electron chi connectivity index (χ2n) is 4.00. The van der Waals surface area contributed by atoms with E-state index in [1.165, 1.54) is 24.3 Å². The maximum absolute atomic E-state index is 12.2. The average molecular weight is 328 g/mol. The lowest BCUT2D eigenvalue weighted by atomic mass is 10.2. The van der Waals surface area contributed by atoms with Crippen LogP contribution in [0.2, 0.25) is 0 Å². The molecule has 0 aliphatic carbocycles. The number of nitrogens with one attached hydrogen (secondary N) is 2. The number of rotatable bonds is 7. The molecular weight excluding hydrogens is 314 g/mol. The first kappa shape index (κ1) is 18.1.